The number of ether oxygens (including phenoxy) is 4. The van der Waals surface area contributed by atoms with E-state index in [4.69, 9.17) is 23.4 Å². The minimum atomic E-state index is -1.75. The molecule has 6 heteroatoms. The Morgan fingerprint density at radius 3 is 2.46 bits per heavy atom. The highest BCUT2D eigenvalue weighted by Crippen LogP contribution is 2.38. The van der Waals surface area contributed by atoms with Gasteiger partial charge in [0, 0.05) is 13.0 Å². The molecule has 142 valence electrons. The molecule has 24 heavy (non-hydrogen) atoms. The van der Waals surface area contributed by atoms with Gasteiger partial charge in [0.25, 0.3) is 0 Å². The van der Waals surface area contributed by atoms with E-state index in [9.17, 15) is 0 Å². The summed E-state index contributed by atoms with van der Waals surface area (Å²) < 4.78 is 28.3. The molecule has 0 aromatic rings. The zero-order chi connectivity index (χ0) is 18.4. The third-order valence-electron chi connectivity index (χ3n) is 5.03. The number of hydrogen-bond acceptors (Lipinski definition) is 5. The van der Waals surface area contributed by atoms with E-state index >= 15 is 0 Å². The second kappa shape index (κ2) is 9.45. The normalized spacial score (nSPS) is 23.8. The fourth-order valence-electron chi connectivity index (χ4n) is 2.09. The molecule has 1 fully saturated rings. The van der Waals surface area contributed by atoms with Gasteiger partial charge < -0.3 is 23.4 Å². The molecule has 1 aliphatic rings. The maximum Gasteiger partial charge on any atom is 0.192 e. The standard InChI is InChI=1S/C18H36O5Si/c1-9-14(2)16(21-13-20-11-10-19-6)17-15(23-17)12-22-24(7,8)18(3,4)5/h9,14-17H,1,10-13H2,2-8H3/t14-,15?,16+,17?/m1/s1. The van der Waals surface area contributed by atoms with E-state index in [2.05, 4.69) is 47.4 Å². The molecule has 0 saturated carbocycles. The Kier molecular flexibility index (Phi) is 8.59. The van der Waals surface area contributed by atoms with Crippen molar-refractivity contribution in [2.24, 2.45) is 5.92 Å². The van der Waals surface area contributed by atoms with E-state index in [1.165, 1.54) is 0 Å². The van der Waals surface area contributed by atoms with Gasteiger partial charge in [-0.2, -0.15) is 0 Å². The molecule has 1 aliphatic heterocycles. The Morgan fingerprint density at radius 1 is 1.25 bits per heavy atom. The lowest BCUT2D eigenvalue weighted by molar-refractivity contribution is -0.113. The van der Waals surface area contributed by atoms with Crippen molar-refractivity contribution < 1.29 is 23.4 Å². The average molecular weight is 361 g/mol. The Labute approximate surface area is 148 Å². The SMILES string of the molecule is C=C[C@@H](C)[C@H](OCOCCOC)C1OC1CO[Si](C)(C)C(C)(C)C. The van der Waals surface area contributed by atoms with Crippen molar-refractivity contribution in [1.29, 1.82) is 0 Å². The Morgan fingerprint density at radius 2 is 1.92 bits per heavy atom. The maximum atomic E-state index is 6.25. The van der Waals surface area contributed by atoms with E-state index < -0.39 is 8.32 Å². The number of rotatable bonds is 12. The molecule has 0 aromatic heterocycles. The first-order valence-corrected chi connectivity index (χ1v) is 11.6. The zero-order valence-electron chi connectivity index (χ0n) is 16.5. The van der Waals surface area contributed by atoms with Gasteiger partial charge in [0.2, 0.25) is 0 Å². The summed E-state index contributed by atoms with van der Waals surface area (Å²) in [6.07, 6.45) is 1.99. The van der Waals surface area contributed by atoms with Crippen molar-refractivity contribution in [3.63, 3.8) is 0 Å². The zero-order valence-corrected chi connectivity index (χ0v) is 17.5. The minimum absolute atomic E-state index is 0.0498. The van der Waals surface area contributed by atoms with Crippen LogP contribution in [-0.4, -0.2) is 60.4 Å². The van der Waals surface area contributed by atoms with E-state index in [0.717, 1.165) is 0 Å². The smallest absolute Gasteiger partial charge is 0.192 e. The molecule has 0 spiro atoms. The lowest BCUT2D eigenvalue weighted by atomic mass is 10.0. The second-order valence-electron chi connectivity index (χ2n) is 7.96. The molecule has 5 nitrogen and oxygen atoms in total. The predicted octanol–water partition coefficient (Wildman–Crippen LogP) is 3.60. The van der Waals surface area contributed by atoms with Crippen LogP contribution in [0.25, 0.3) is 0 Å². The third kappa shape index (κ3) is 6.58. The highest BCUT2D eigenvalue weighted by Gasteiger charge is 2.49. The number of methoxy groups -OCH3 is 1. The summed E-state index contributed by atoms with van der Waals surface area (Å²) in [5.41, 5.74) is 0. The molecule has 2 unspecified atom stereocenters. The quantitative estimate of drug-likeness (QED) is 0.175. The Hall–Kier alpha value is -0.243. The van der Waals surface area contributed by atoms with Crippen LogP contribution in [0, 0.1) is 5.92 Å². The van der Waals surface area contributed by atoms with Gasteiger partial charge in [-0.25, -0.2) is 0 Å². The van der Waals surface area contributed by atoms with Crippen molar-refractivity contribution in [3.05, 3.63) is 12.7 Å². The van der Waals surface area contributed by atoms with Crippen LogP contribution in [0.4, 0.5) is 0 Å². The van der Waals surface area contributed by atoms with Gasteiger partial charge in [0.15, 0.2) is 8.32 Å². The molecule has 0 aromatic carbocycles. The van der Waals surface area contributed by atoms with Crippen LogP contribution in [0.3, 0.4) is 0 Å². The van der Waals surface area contributed by atoms with E-state index in [1.54, 1.807) is 7.11 Å². The Bertz CT molecular complexity index is 380. The first kappa shape index (κ1) is 21.8. The van der Waals surface area contributed by atoms with Gasteiger partial charge >= 0.3 is 0 Å². The van der Waals surface area contributed by atoms with Crippen LogP contribution >= 0.6 is 0 Å². The average Bonchev–Trinajstić information content (AvgIpc) is 3.26. The minimum Gasteiger partial charge on any atom is -0.414 e. The third-order valence-corrected chi connectivity index (χ3v) is 9.53. The first-order valence-electron chi connectivity index (χ1n) is 8.74. The molecule has 0 amide bonds. The molecule has 1 saturated heterocycles. The fraction of sp³-hybridized carbons (Fsp3) is 0.889. The van der Waals surface area contributed by atoms with Gasteiger partial charge in [0.05, 0.1) is 25.9 Å². The second-order valence-corrected chi connectivity index (χ2v) is 12.8. The summed E-state index contributed by atoms with van der Waals surface area (Å²) >= 11 is 0. The van der Waals surface area contributed by atoms with Crippen LogP contribution in [0.5, 0.6) is 0 Å². The van der Waals surface area contributed by atoms with Crippen molar-refractivity contribution >= 4 is 8.32 Å². The maximum absolute atomic E-state index is 6.25. The summed E-state index contributed by atoms with van der Waals surface area (Å²) in [4.78, 5) is 0. The molecular weight excluding hydrogens is 324 g/mol. The number of hydrogen-bond donors (Lipinski definition) is 0. The lowest BCUT2D eigenvalue weighted by Crippen LogP contribution is -2.42. The molecule has 0 radical (unpaired) electrons. The summed E-state index contributed by atoms with van der Waals surface area (Å²) in [6, 6.07) is 0. The molecule has 0 N–H and O–H groups in total. The van der Waals surface area contributed by atoms with Crippen LogP contribution in [0.2, 0.25) is 18.1 Å². The molecule has 0 aliphatic carbocycles. The van der Waals surface area contributed by atoms with Gasteiger partial charge in [-0.15, -0.1) is 6.58 Å². The van der Waals surface area contributed by atoms with Gasteiger partial charge in [-0.3, -0.25) is 0 Å². The molecule has 4 atom stereocenters. The van der Waals surface area contributed by atoms with E-state index in [1.807, 2.05) is 6.08 Å². The highest BCUT2D eigenvalue weighted by atomic mass is 28.4. The summed E-state index contributed by atoms with van der Waals surface area (Å²) in [6.45, 7) is 19.2. The summed E-state index contributed by atoms with van der Waals surface area (Å²) in [5, 5.41) is 0.205. The summed E-state index contributed by atoms with van der Waals surface area (Å²) in [7, 11) is -0.0968. The predicted molar refractivity (Wildman–Crippen MR) is 98.7 cm³/mol. The highest BCUT2D eigenvalue weighted by molar-refractivity contribution is 6.74. The van der Waals surface area contributed by atoms with Crippen LogP contribution in [-0.2, 0) is 23.4 Å². The molecule has 1 heterocycles. The fourth-order valence-corrected chi connectivity index (χ4v) is 3.11. The Balaban J connectivity index is 2.43. The van der Waals surface area contributed by atoms with Crippen molar-refractivity contribution in [2.75, 3.05) is 33.7 Å². The van der Waals surface area contributed by atoms with Crippen LogP contribution in [0.1, 0.15) is 27.7 Å². The first-order chi connectivity index (χ1) is 11.1. The van der Waals surface area contributed by atoms with Crippen LogP contribution < -0.4 is 0 Å². The summed E-state index contributed by atoms with van der Waals surface area (Å²) in [5.74, 6) is 0.193. The molecular formula is C18H36O5Si. The molecule has 1 rings (SSSR count). The topological polar surface area (TPSA) is 49.5 Å². The lowest BCUT2D eigenvalue weighted by Gasteiger charge is -2.36. The van der Waals surface area contributed by atoms with Crippen molar-refractivity contribution in [1.82, 2.24) is 0 Å². The van der Waals surface area contributed by atoms with E-state index in [0.29, 0.717) is 19.8 Å². The van der Waals surface area contributed by atoms with Crippen LogP contribution in [0.15, 0.2) is 12.7 Å². The van der Waals surface area contributed by atoms with Crippen molar-refractivity contribution in [2.45, 2.75) is 64.1 Å². The van der Waals surface area contributed by atoms with Crippen molar-refractivity contribution in [3.8, 4) is 0 Å². The number of epoxide rings is 1. The monoisotopic (exact) mass is 360 g/mol. The molecule has 0 bridgehead atoms. The van der Waals surface area contributed by atoms with Gasteiger partial charge in [-0.05, 0) is 18.1 Å². The largest absolute Gasteiger partial charge is 0.414 e. The van der Waals surface area contributed by atoms with Gasteiger partial charge in [-0.1, -0.05) is 33.8 Å². The van der Waals surface area contributed by atoms with E-state index in [-0.39, 0.29) is 36.1 Å². The van der Waals surface area contributed by atoms with Gasteiger partial charge in [0.1, 0.15) is 19.0 Å².